The number of rotatable bonds is 0. The van der Waals surface area contributed by atoms with Crippen molar-refractivity contribution in [1.29, 1.82) is 0 Å². The van der Waals surface area contributed by atoms with Crippen molar-refractivity contribution in [3.05, 3.63) is 70.0 Å². The number of benzene rings is 2. The molecule has 1 aliphatic rings. The van der Waals surface area contributed by atoms with Crippen LogP contribution in [0.2, 0.25) is 0 Å². The zero-order chi connectivity index (χ0) is 16.8. The summed E-state index contributed by atoms with van der Waals surface area (Å²) in [7, 11) is 0. The molecular weight excluding hydrogens is 436 g/mol. The lowest BCUT2D eigenvalue weighted by Gasteiger charge is -2.06. The maximum absolute atomic E-state index is 5.69. The van der Waals surface area contributed by atoms with E-state index in [1.54, 1.807) is 25.0 Å². The first-order valence-corrected chi connectivity index (χ1v) is 8.62. The first-order chi connectivity index (χ1) is 11.7. The standard InChI is InChI=1S/C18H12Br2N2O2/c19-13-9-21-15-5-1-3-7-17(15)23-11-14(20)10-22-16-6-2-4-8-18(16)24-12-13/h1-12H/b13-12+,14-11+,21-9?,22-10?. The summed E-state index contributed by atoms with van der Waals surface area (Å²) in [5.74, 6) is 1.27. The third-order valence-electron chi connectivity index (χ3n) is 2.98. The number of allylic oxidation sites excluding steroid dienone is 2. The van der Waals surface area contributed by atoms with E-state index in [0.717, 1.165) is 0 Å². The van der Waals surface area contributed by atoms with Gasteiger partial charge >= 0.3 is 0 Å². The van der Waals surface area contributed by atoms with Crippen LogP contribution in [0.25, 0.3) is 0 Å². The molecule has 2 aromatic rings. The van der Waals surface area contributed by atoms with E-state index < -0.39 is 0 Å². The van der Waals surface area contributed by atoms with Crippen LogP contribution in [0.1, 0.15) is 0 Å². The summed E-state index contributed by atoms with van der Waals surface area (Å²) in [5.41, 5.74) is 1.41. The second-order valence-corrected chi connectivity index (χ2v) is 6.52. The fraction of sp³-hybridized carbons (Fsp3) is 0. The average molecular weight is 448 g/mol. The Morgan fingerprint density at radius 2 is 1.04 bits per heavy atom. The number of halogens is 2. The molecule has 1 heterocycles. The van der Waals surface area contributed by atoms with Gasteiger partial charge < -0.3 is 9.47 Å². The molecule has 2 aromatic carbocycles. The summed E-state index contributed by atoms with van der Waals surface area (Å²) in [6.45, 7) is 0. The molecule has 120 valence electrons. The summed E-state index contributed by atoms with van der Waals surface area (Å²) in [5, 5.41) is 0. The highest BCUT2D eigenvalue weighted by atomic mass is 79.9. The Bertz CT molecular complexity index is 786. The molecule has 0 fully saturated rings. The second-order valence-electron chi connectivity index (χ2n) is 4.69. The summed E-state index contributed by atoms with van der Waals surface area (Å²) < 4.78 is 12.7. The molecule has 0 atom stereocenters. The Morgan fingerprint density at radius 1 is 0.625 bits per heavy atom. The highest BCUT2D eigenvalue weighted by molar-refractivity contribution is 9.12. The Hall–Kier alpha value is -2.18. The van der Waals surface area contributed by atoms with Crippen LogP contribution < -0.4 is 9.47 Å². The van der Waals surface area contributed by atoms with E-state index in [2.05, 4.69) is 41.8 Å². The Morgan fingerprint density at radius 3 is 1.50 bits per heavy atom. The molecule has 6 heteroatoms. The van der Waals surface area contributed by atoms with Gasteiger partial charge in [0.1, 0.15) is 23.9 Å². The quantitative estimate of drug-likeness (QED) is 0.494. The van der Waals surface area contributed by atoms with Gasteiger partial charge in [-0.05, 0) is 56.1 Å². The van der Waals surface area contributed by atoms with Crippen LogP contribution in [0.3, 0.4) is 0 Å². The zero-order valence-corrected chi connectivity index (χ0v) is 15.6. The van der Waals surface area contributed by atoms with Gasteiger partial charge in [0.05, 0.1) is 8.96 Å². The SMILES string of the molecule is Br/C1=C/Oc2ccccc2N=C/C(Br)=C\Oc2ccccc2N=C1. The van der Waals surface area contributed by atoms with Gasteiger partial charge in [0.2, 0.25) is 0 Å². The molecule has 0 aromatic heterocycles. The monoisotopic (exact) mass is 446 g/mol. The van der Waals surface area contributed by atoms with Gasteiger partial charge in [0, 0.05) is 12.4 Å². The highest BCUT2D eigenvalue weighted by Crippen LogP contribution is 2.30. The first kappa shape index (κ1) is 16.7. The summed E-state index contributed by atoms with van der Waals surface area (Å²) in [4.78, 5) is 8.83. The minimum absolute atomic E-state index is 0.637. The third-order valence-corrected chi connectivity index (χ3v) is 3.76. The zero-order valence-electron chi connectivity index (χ0n) is 12.4. The predicted octanol–water partition coefficient (Wildman–Crippen LogP) is 6.04. The van der Waals surface area contributed by atoms with Gasteiger partial charge in [-0.2, -0.15) is 0 Å². The summed E-state index contributed by atoms with van der Waals surface area (Å²) in [6, 6.07) is 15.0. The Balaban J connectivity index is 2.02. The Kier molecular flexibility index (Phi) is 5.61. The minimum atomic E-state index is 0.637. The maximum Gasteiger partial charge on any atom is 0.152 e. The Labute approximate surface area is 156 Å². The van der Waals surface area contributed by atoms with E-state index in [0.29, 0.717) is 31.8 Å². The van der Waals surface area contributed by atoms with Crippen LogP contribution in [0.5, 0.6) is 11.5 Å². The lowest BCUT2D eigenvalue weighted by Crippen LogP contribution is -1.89. The van der Waals surface area contributed by atoms with Crippen molar-refractivity contribution in [2.75, 3.05) is 0 Å². The normalized spacial score (nSPS) is 18.6. The average Bonchev–Trinajstić information content (AvgIpc) is 2.62. The van der Waals surface area contributed by atoms with Crippen LogP contribution in [-0.2, 0) is 0 Å². The number of nitrogens with zero attached hydrogens (tertiary/aromatic N) is 2. The smallest absolute Gasteiger partial charge is 0.152 e. The van der Waals surface area contributed by atoms with E-state index in [1.165, 1.54) is 0 Å². The van der Waals surface area contributed by atoms with Gasteiger partial charge in [-0.15, -0.1) is 0 Å². The van der Waals surface area contributed by atoms with E-state index in [1.807, 2.05) is 48.5 Å². The number of ether oxygens (including phenoxy) is 2. The summed E-state index contributed by atoms with van der Waals surface area (Å²) in [6.07, 6.45) is 6.44. The van der Waals surface area contributed by atoms with Crippen molar-refractivity contribution in [3.63, 3.8) is 0 Å². The fourth-order valence-corrected chi connectivity index (χ4v) is 2.28. The largest absolute Gasteiger partial charge is 0.461 e. The third kappa shape index (κ3) is 4.43. The molecule has 0 unspecified atom stereocenters. The summed E-state index contributed by atoms with van der Waals surface area (Å²) >= 11 is 6.83. The number of aliphatic imine (C=N–C) groups is 2. The number of hydrogen-bond donors (Lipinski definition) is 0. The van der Waals surface area contributed by atoms with Crippen molar-refractivity contribution < 1.29 is 9.47 Å². The lowest BCUT2D eigenvalue weighted by molar-refractivity contribution is 0.481. The van der Waals surface area contributed by atoms with Crippen LogP contribution in [0, 0.1) is 0 Å². The number of hydrogen-bond acceptors (Lipinski definition) is 4. The van der Waals surface area contributed by atoms with Crippen molar-refractivity contribution in [2.45, 2.75) is 0 Å². The van der Waals surface area contributed by atoms with E-state index in [4.69, 9.17) is 9.47 Å². The minimum Gasteiger partial charge on any atom is -0.461 e. The van der Waals surface area contributed by atoms with Crippen molar-refractivity contribution in [1.82, 2.24) is 0 Å². The van der Waals surface area contributed by atoms with E-state index in [-0.39, 0.29) is 0 Å². The van der Waals surface area contributed by atoms with Crippen LogP contribution in [-0.4, -0.2) is 12.4 Å². The van der Waals surface area contributed by atoms with Crippen molar-refractivity contribution in [3.8, 4) is 11.5 Å². The number of fused-ring (bicyclic) bond motifs is 2. The molecular formula is C18H12Br2N2O2. The van der Waals surface area contributed by atoms with Gasteiger partial charge in [0.15, 0.2) is 11.5 Å². The second kappa shape index (κ2) is 8.08. The van der Waals surface area contributed by atoms with E-state index >= 15 is 0 Å². The lowest BCUT2D eigenvalue weighted by atomic mass is 10.3. The van der Waals surface area contributed by atoms with E-state index in [9.17, 15) is 0 Å². The molecule has 0 N–H and O–H groups in total. The predicted molar refractivity (Wildman–Crippen MR) is 104 cm³/mol. The van der Waals surface area contributed by atoms with Crippen LogP contribution >= 0.6 is 31.9 Å². The molecule has 0 saturated heterocycles. The fourth-order valence-electron chi connectivity index (χ4n) is 1.89. The molecule has 4 nitrogen and oxygen atoms in total. The van der Waals surface area contributed by atoms with Crippen LogP contribution in [0.4, 0.5) is 11.4 Å². The molecule has 1 aliphatic heterocycles. The van der Waals surface area contributed by atoms with Crippen molar-refractivity contribution in [2.24, 2.45) is 9.98 Å². The molecule has 0 saturated carbocycles. The first-order valence-electron chi connectivity index (χ1n) is 7.03. The van der Waals surface area contributed by atoms with Gasteiger partial charge in [0.25, 0.3) is 0 Å². The number of para-hydroxylation sites is 4. The van der Waals surface area contributed by atoms with Gasteiger partial charge in [-0.3, -0.25) is 9.98 Å². The van der Waals surface area contributed by atoms with Gasteiger partial charge in [-0.25, -0.2) is 0 Å². The molecule has 0 amide bonds. The van der Waals surface area contributed by atoms with Crippen molar-refractivity contribution >= 4 is 55.7 Å². The molecule has 0 bridgehead atoms. The highest BCUT2D eigenvalue weighted by Gasteiger charge is 2.03. The van der Waals surface area contributed by atoms with Gasteiger partial charge in [-0.1, -0.05) is 24.3 Å². The van der Waals surface area contributed by atoms with Crippen LogP contribution in [0.15, 0.2) is 80.0 Å². The molecule has 24 heavy (non-hydrogen) atoms. The molecule has 0 radical (unpaired) electrons. The molecule has 0 aliphatic carbocycles. The molecule has 0 spiro atoms. The molecule has 3 rings (SSSR count). The topological polar surface area (TPSA) is 43.2 Å². The maximum atomic E-state index is 5.69.